The van der Waals surface area contributed by atoms with Crippen LogP contribution in [0.3, 0.4) is 0 Å². The van der Waals surface area contributed by atoms with Crippen LogP contribution in [-0.4, -0.2) is 42.2 Å². The Bertz CT molecular complexity index is 324. The van der Waals surface area contributed by atoms with Crippen molar-refractivity contribution in [3.63, 3.8) is 0 Å². The molecule has 1 aromatic heterocycles. The Hall–Kier alpha value is -0.420. The van der Waals surface area contributed by atoms with Crippen LogP contribution >= 0.6 is 11.3 Å². The molecule has 1 saturated carbocycles. The predicted octanol–water partition coefficient (Wildman–Crippen LogP) is 1.85. The molecule has 0 amide bonds. The highest BCUT2D eigenvalue weighted by Crippen LogP contribution is 2.26. The molecule has 96 valence electrons. The maximum atomic E-state index is 9.92. The number of nitrogens with zero attached hydrogens (tertiary/aromatic N) is 1. The molecule has 4 heteroatoms. The van der Waals surface area contributed by atoms with Gasteiger partial charge in [-0.25, -0.2) is 0 Å². The van der Waals surface area contributed by atoms with Gasteiger partial charge in [0.1, 0.15) is 6.10 Å². The van der Waals surface area contributed by atoms with Gasteiger partial charge in [0.15, 0.2) is 0 Å². The smallest absolute Gasteiger partial charge is 0.101 e. The lowest BCUT2D eigenvalue weighted by Crippen LogP contribution is -2.40. The van der Waals surface area contributed by atoms with Gasteiger partial charge in [-0.15, -0.1) is 11.3 Å². The van der Waals surface area contributed by atoms with E-state index in [9.17, 15) is 5.11 Å². The lowest BCUT2D eigenvalue weighted by atomic mass is 10.2. The summed E-state index contributed by atoms with van der Waals surface area (Å²) in [5.74, 6) is 0. The van der Waals surface area contributed by atoms with Crippen molar-refractivity contribution >= 4 is 11.3 Å². The van der Waals surface area contributed by atoms with Crippen molar-refractivity contribution in [3.8, 4) is 0 Å². The highest BCUT2D eigenvalue weighted by atomic mass is 32.1. The normalized spacial score (nSPS) is 19.5. The van der Waals surface area contributed by atoms with Crippen molar-refractivity contribution in [1.29, 1.82) is 0 Å². The van der Waals surface area contributed by atoms with Crippen molar-refractivity contribution < 1.29 is 5.11 Å². The summed E-state index contributed by atoms with van der Waals surface area (Å²) < 4.78 is 0. The first kappa shape index (κ1) is 13.0. The maximum Gasteiger partial charge on any atom is 0.101 e. The van der Waals surface area contributed by atoms with Gasteiger partial charge < -0.3 is 10.4 Å². The molecule has 1 aliphatic rings. The number of aliphatic hydroxyl groups excluding tert-OH is 1. The van der Waals surface area contributed by atoms with E-state index in [1.165, 1.54) is 12.8 Å². The summed E-state index contributed by atoms with van der Waals surface area (Å²) in [4.78, 5) is 3.48. The fourth-order valence-corrected chi connectivity index (χ4v) is 2.71. The van der Waals surface area contributed by atoms with Gasteiger partial charge in [0.25, 0.3) is 0 Å². The van der Waals surface area contributed by atoms with Gasteiger partial charge in [-0.05, 0) is 38.3 Å². The van der Waals surface area contributed by atoms with Crippen LogP contribution < -0.4 is 5.32 Å². The second-order valence-corrected chi connectivity index (χ2v) is 5.91. The van der Waals surface area contributed by atoms with E-state index in [-0.39, 0.29) is 6.10 Å². The third kappa shape index (κ3) is 3.78. The van der Waals surface area contributed by atoms with Gasteiger partial charge in [0.05, 0.1) is 0 Å². The summed E-state index contributed by atoms with van der Waals surface area (Å²) in [5.41, 5.74) is 0. The van der Waals surface area contributed by atoms with Crippen LogP contribution in [0.1, 0.15) is 30.7 Å². The van der Waals surface area contributed by atoms with E-state index in [4.69, 9.17) is 0 Å². The molecule has 0 radical (unpaired) electrons. The lowest BCUT2D eigenvalue weighted by molar-refractivity contribution is 0.170. The van der Waals surface area contributed by atoms with E-state index < -0.39 is 0 Å². The largest absolute Gasteiger partial charge is 0.386 e. The minimum atomic E-state index is -0.367. The van der Waals surface area contributed by atoms with Gasteiger partial charge in [0.2, 0.25) is 0 Å². The number of aliphatic hydroxyl groups is 1. The average molecular weight is 254 g/mol. The molecule has 2 unspecified atom stereocenters. The molecule has 1 fully saturated rings. The summed E-state index contributed by atoms with van der Waals surface area (Å²) in [6, 6.07) is 5.30. The molecule has 0 aromatic carbocycles. The monoisotopic (exact) mass is 254 g/mol. The van der Waals surface area contributed by atoms with Crippen LogP contribution in [-0.2, 0) is 0 Å². The van der Waals surface area contributed by atoms with E-state index in [0.717, 1.165) is 17.5 Å². The van der Waals surface area contributed by atoms with Crippen LogP contribution in [0.25, 0.3) is 0 Å². The fourth-order valence-electron chi connectivity index (χ4n) is 2.00. The molecule has 2 atom stereocenters. The highest BCUT2D eigenvalue weighted by Gasteiger charge is 2.28. The predicted molar refractivity (Wildman–Crippen MR) is 72.4 cm³/mol. The number of hydrogen-bond acceptors (Lipinski definition) is 4. The third-order valence-corrected chi connectivity index (χ3v) is 4.44. The van der Waals surface area contributed by atoms with Gasteiger partial charge in [0, 0.05) is 30.1 Å². The molecule has 0 bridgehead atoms. The van der Waals surface area contributed by atoms with Gasteiger partial charge in [-0.3, -0.25) is 4.90 Å². The van der Waals surface area contributed by atoms with E-state index in [1.54, 1.807) is 11.3 Å². The van der Waals surface area contributed by atoms with Crippen LogP contribution in [0.15, 0.2) is 17.5 Å². The molecule has 3 nitrogen and oxygen atoms in total. The first-order chi connectivity index (χ1) is 8.18. The minimum Gasteiger partial charge on any atom is -0.386 e. The Labute approximate surface area is 107 Å². The Kier molecular flexibility index (Phi) is 4.56. The van der Waals surface area contributed by atoms with E-state index in [0.29, 0.717) is 12.6 Å². The summed E-state index contributed by atoms with van der Waals surface area (Å²) in [6.07, 6.45) is 2.32. The molecular weight excluding hydrogens is 232 g/mol. The topological polar surface area (TPSA) is 35.5 Å². The molecule has 0 saturated heterocycles. The van der Waals surface area contributed by atoms with E-state index >= 15 is 0 Å². The molecule has 0 aliphatic heterocycles. The van der Waals surface area contributed by atoms with Crippen molar-refractivity contribution in [1.82, 2.24) is 10.2 Å². The number of nitrogens with one attached hydrogen (secondary N) is 1. The molecule has 17 heavy (non-hydrogen) atoms. The van der Waals surface area contributed by atoms with Gasteiger partial charge in [-0.2, -0.15) is 0 Å². The van der Waals surface area contributed by atoms with Gasteiger partial charge in [-0.1, -0.05) is 6.07 Å². The molecule has 1 aliphatic carbocycles. The number of thiophene rings is 1. The number of rotatable bonds is 7. The maximum absolute atomic E-state index is 9.92. The minimum absolute atomic E-state index is 0.367. The average Bonchev–Trinajstić information content (AvgIpc) is 3.02. The Morgan fingerprint density at radius 3 is 2.88 bits per heavy atom. The van der Waals surface area contributed by atoms with Crippen molar-refractivity contribution in [2.24, 2.45) is 0 Å². The summed E-state index contributed by atoms with van der Waals surface area (Å²) >= 11 is 1.61. The zero-order valence-electron chi connectivity index (χ0n) is 10.6. The molecule has 1 aromatic rings. The fraction of sp³-hybridized carbons (Fsp3) is 0.692. The quantitative estimate of drug-likeness (QED) is 0.779. The third-order valence-electron chi connectivity index (χ3n) is 3.47. The van der Waals surface area contributed by atoms with E-state index in [2.05, 4.69) is 24.2 Å². The SMILES string of the molecule is CC(CNCC(O)c1cccs1)N(C)C1CC1. The number of hydrogen-bond donors (Lipinski definition) is 2. The molecule has 0 spiro atoms. The standard InChI is InChI=1S/C13H22N2OS/c1-10(15(2)11-5-6-11)8-14-9-12(16)13-4-3-7-17-13/h3-4,7,10-12,14,16H,5-6,8-9H2,1-2H3. The Morgan fingerprint density at radius 2 is 2.29 bits per heavy atom. The lowest BCUT2D eigenvalue weighted by Gasteiger charge is -2.25. The van der Waals surface area contributed by atoms with Crippen LogP contribution in [0.2, 0.25) is 0 Å². The molecule has 2 N–H and O–H groups in total. The Morgan fingerprint density at radius 1 is 1.53 bits per heavy atom. The molecule has 2 rings (SSSR count). The number of likely N-dealkylation sites (N-methyl/N-ethyl adjacent to an activating group) is 1. The summed E-state index contributed by atoms with van der Waals surface area (Å²) in [5, 5.41) is 15.3. The van der Waals surface area contributed by atoms with E-state index in [1.807, 2.05) is 17.5 Å². The zero-order valence-corrected chi connectivity index (χ0v) is 11.4. The Balaban J connectivity index is 1.65. The zero-order chi connectivity index (χ0) is 12.3. The molecular formula is C13H22N2OS. The van der Waals surface area contributed by atoms with Crippen LogP contribution in [0, 0.1) is 0 Å². The van der Waals surface area contributed by atoms with Crippen LogP contribution in [0.5, 0.6) is 0 Å². The summed E-state index contributed by atoms with van der Waals surface area (Å²) in [7, 11) is 2.19. The highest BCUT2D eigenvalue weighted by molar-refractivity contribution is 7.10. The second kappa shape index (κ2) is 5.96. The summed E-state index contributed by atoms with van der Waals surface area (Å²) in [6.45, 7) is 3.82. The van der Waals surface area contributed by atoms with Gasteiger partial charge >= 0.3 is 0 Å². The first-order valence-electron chi connectivity index (χ1n) is 6.32. The van der Waals surface area contributed by atoms with Crippen molar-refractivity contribution in [3.05, 3.63) is 22.4 Å². The van der Waals surface area contributed by atoms with Crippen molar-refractivity contribution in [2.75, 3.05) is 20.1 Å². The second-order valence-electron chi connectivity index (χ2n) is 4.94. The molecule has 1 heterocycles. The van der Waals surface area contributed by atoms with Crippen LogP contribution in [0.4, 0.5) is 0 Å². The first-order valence-corrected chi connectivity index (χ1v) is 7.20. The van der Waals surface area contributed by atoms with Crippen molar-refractivity contribution in [2.45, 2.75) is 38.0 Å².